The van der Waals surface area contributed by atoms with Gasteiger partial charge in [0.05, 0.1) is 17.1 Å². The molecule has 2 nitrogen and oxygen atoms in total. The van der Waals surface area contributed by atoms with E-state index in [4.69, 9.17) is 22.1 Å². The lowest BCUT2D eigenvalue weighted by Crippen LogP contribution is -1.99. The highest BCUT2D eigenvalue weighted by molar-refractivity contribution is 6.30. The van der Waals surface area contributed by atoms with E-state index in [2.05, 4.69) is 11.8 Å². The van der Waals surface area contributed by atoms with Gasteiger partial charge < -0.3 is 10.5 Å². The van der Waals surface area contributed by atoms with Crippen LogP contribution in [0.1, 0.15) is 16.7 Å². The molecule has 0 amide bonds. The third kappa shape index (κ3) is 4.22. The molecule has 0 bridgehead atoms. The molecule has 108 valence electrons. The number of rotatable bonds is 3. The molecule has 0 aliphatic carbocycles. The van der Waals surface area contributed by atoms with Crippen molar-refractivity contribution in [1.82, 2.24) is 0 Å². The zero-order valence-corrected chi connectivity index (χ0v) is 12.4. The van der Waals surface area contributed by atoms with E-state index < -0.39 is 5.82 Å². The third-order valence-electron chi connectivity index (χ3n) is 2.84. The summed E-state index contributed by atoms with van der Waals surface area (Å²) in [7, 11) is 0. The molecule has 2 aromatic carbocycles. The van der Waals surface area contributed by atoms with Gasteiger partial charge in [0, 0.05) is 0 Å². The van der Waals surface area contributed by atoms with E-state index in [1.807, 2.05) is 25.1 Å². The lowest BCUT2D eigenvalue weighted by Gasteiger charge is -2.09. The molecule has 0 heterocycles. The van der Waals surface area contributed by atoms with Crippen molar-refractivity contribution in [2.24, 2.45) is 5.73 Å². The molecule has 0 atom stereocenters. The molecular weight excluding hydrogens is 289 g/mol. The Morgan fingerprint density at radius 3 is 2.76 bits per heavy atom. The molecule has 0 saturated carbocycles. The van der Waals surface area contributed by atoms with E-state index in [1.165, 1.54) is 6.07 Å². The predicted molar refractivity (Wildman–Crippen MR) is 82.9 cm³/mol. The maximum Gasteiger partial charge on any atom is 0.141 e. The number of hydrogen-bond donors (Lipinski definition) is 1. The molecule has 21 heavy (non-hydrogen) atoms. The Balaban J connectivity index is 2.17. The first-order chi connectivity index (χ1) is 10.1. The van der Waals surface area contributed by atoms with Gasteiger partial charge in [-0.15, -0.1) is 0 Å². The van der Waals surface area contributed by atoms with Crippen LogP contribution in [0.25, 0.3) is 0 Å². The summed E-state index contributed by atoms with van der Waals surface area (Å²) in [4.78, 5) is 0. The minimum Gasteiger partial charge on any atom is -0.488 e. The molecular formula is C17H15ClFNO. The van der Waals surface area contributed by atoms with Crippen LogP contribution in [0, 0.1) is 24.6 Å². The van der Waals surface area contributed by atoms with E-state index in [1.54, 1.807) is 12.1 Å². The SMILES string of the molecule is Cc1ccc(OCc2ccc(F)c(Cl)c2)c(C#CCN)c1. The Morgan fingerprint density at radius 2 is 2.05 bits per heavy atom. The second kappa shape index (κ2) is 7.12. The summed E-state index contributed by atoms with van der Waals surface area (Å²) in [5.74, 6) is 6.03. The Morgan fingerprint density at radius 1 is 1.24 bits per heavy atom. The van der Waals surface area contributed by atoms with Crippen LogP contribution in [0.2, 0.25) is 5.02 Å². The average Bonchev–Trinajstić information content (AvgIpc) is 2.47. The fourth-order valence-corrected chi connectivity index (χ4v) is 2.01. The first kappa shape index (κ1) is 15.4. The van der Waals surface area contributed by atoms with E-state index in [9.17, 15) is 4.39 Å². The van der Waals surface area contributed by atoms with Gasteiger partial charge in [-0.1, -0.05) is 35.6 Å². The van der Waals surface area contributed by atoms with Crippen LogP contribution in [0.5, 0.6) is 5.75 Å². The molecule has 0 aliphatic rings. The molecule has 2 aromatic rings. The molecule has 0 saturated heterocycles. The van der Waals surface area contributed by atoms with E-state index in [-0.39, 0.29) is 5.02 Å². The summed E-state index contributed by atoms with van der Waals surface area (Å²) in [6.07, 6.45) is 0. The molecule has 0 aromatic heterocycles. The zero-order chi connectivity index (χ0) is 15.2. The molecule has 0 aliphatic heterocycles. The summed E-state index contributed by atoms with van der Waals surface area (Å²) in [5.41, 5.74) is 8.06. The first-order valence-corrected chi connectivity index (χ1v) is 6.84. The van der Waals surface area contributed by atoms with Gasteiger partial charge in [0.15, 0.2) is 0 Å². The molecule has 0 unspecified atom stereocenters. The Hall–Kier alpha value is -2.02. The van der Waals surface area contributed by atoms with Crippen molar-refractivity contribution in [3.63, 3.8) is 0 Å². The minimum absolute atomic E-state index is 0.0863. The Labute approximate surface area is 128 Å². The van der Waals surface area contributed by atoms with Crippen LogP contribution in [0.3, 0.4) is 0 Å². The van der Waals surface area contributed by atoms with Crippen molar-refractivity contribution in [3.05, 3.63) is 63.9 Å². The van der Waals surface area contributed by atoms with Crippen LogP contribution in [-0.2, 0) is 6.61 Å². The molecule has 0 spiro atoms. The Kier molecular flexibility index (Phi) is 5.21. The number of benzene rings is 2. The van der Waals surface area contributed by atoms with Crippen molar-refractivity contribution in [2.75, 3.05) is 6.54 Å². The number of hydrogen-bond acceptors (Lipinski definition) is 2. The van der Waals surface area contributed by atoms with E-state index >= 15 is 0 Å². The predicted octanol–water partition coefficient (Wildman–Crippen LogP) is 3.68. The summed E-state index contributed by atoms with van der Waals surface area (Å²) >= 11 is 5.75. The van der Waals surface area contributed by atoms with Gasteiger partial charge in [-0.3, -0.25) is 0 Å². The van der Waals surface area contributed by atoms with Gasteiger partial charge in [-0.05, 0) is 42.3 Å². The second-order valence-corrected chi connectivity index (χ2v) is 4.95. The lowest BCUT2D eigenvalue weighted by molar-refractivity contribution is 0.305. The fourth-order valence-electron chi connectivity index (χ4n) is 1.80. The summed E-state index contributed by atoms with van der Waals surface area (Å²) in [5, 5.41) is 0.0863. The molecule has 2 N–H and O–H groups in total. The number of aryl methyl sites for hydroxylation is 1. The van der Waals surface area contributed by atoms with Crippen molar-refractivity contribution < 1.29 is 9.13 Å². The monoisotopic (exact) mass is 303 g/mol. The van der Waals surface area contributed by atoms with Gasteiger partial charge in [0.1, 0.15) is 18.2 Å². The third-order valence-corrected chi connectivity index (χ3v) is 3.13. The van der Waals surface area contributed by atoms with Crippen molar-refractivity contribution in [3.8, 4) is 17.6 Å². The van der Waals surface area contributed by atoms with Crippen LogP contribution in [0.15, 0.2) is 36.4 Å². The number of ether oxygens (including phenoxy) is 1. The molecule has 0 radical (unpaired) electrons. The van der Waals surface area contributed by atoms with Crippen LogP contribution in [-0.4, -0.2) is 6.54 Å². The van der Waals surface area contributed by atoms with Gasteiger partial charge >= 0.3 is 0 Å². The van der Waals surface area contributed by atoms with Gasteiger partial charge in [0.25, 0.3) is 0 Å². The standard InChI is InChI=1S/C17H15ClFNO/c1-12-4-7-17(14(9-12)3-2-8-20)21-11-13-5-6-16(19)15(18)10-13/h4-7,9-10H,8,11,20H2,1H3. The summed E-state index contributed by atoms with van der Waals surface area (Å²) in [6, 6.07) is 10.3. The van der Waals surface area contributed by atoms with Crippen LogP contribution >= 0.6 is 11.6 Å². The van der Waals surface area contributed by atoms with Crippen LogP contribution in [0.4, 0.5) is 4.39 Å². The minimum atomic E-state index is -0.440. The lowest BCUT2D eigenvalue weighted by atomic mass is 10.1. The highest BCUT2D eigenvalue weighted by atomic mass is 35.5. The topological polar surface area (TPSA) is 35.2 Å². The molecule has 4 heteroatoms. The number of halogens is 2. The van der Waals surface area contributed by atoms with Crippen molar-refractivity contribution >= 4 is 11.6 Å². The number of nitrogens with two attached hydrogens (primary N) is 1. The first-order valence-electron chi connectivity index (χ1n) is 6.46. The summed E-state index contributed by atoms with van der Waals surface area (Å²) < 4.78 is 18.9. The van der Waals surface area contributed by atoms with Gasteiger partial charge in [-0.25, -0.2) is 4.39 Å². The smallest absolute Gasteiger partial charge is 0.141 e. The summed E-state index contributed by atoms with van der Waals surface area (Å²) in [6.45, 7) is 2.57. The normalized spacial score (nSPS) is 9.90. The highest BCUT2D eigenvalue weighted by Gasteiger charge is 2.05. The van der Waals surface area contributed by atoms with Gasteiger partial charge in [-0.2, -0.15) is 0 Å². The zero-order valence-electron chi connectivity index (χ0n) is 11.6. The van der Waals surface area contributed by atoms with Crippen molar-refractivity contribution in [2.45, 2.75) is 13.5 Å². The fraction of sp³-hybridized carbons (Fsp3) is 0.176. The maximum absolute atomic E-state index is 13.1. The largest absolute Gasteiger partial charge is 0.488 e. The van der Waals surface area contributed by atoms with Gasteiger partial charge in [0.2, 0.25) is 0 Å². The second-order valence-electron chi connectivity index (χ2n) is 4.54. The highest BCUT2D eigenvalue weighted by Crippen LogP contribution is 2.22. The van der Waals surface area contributed by atoms with Crippen molar-refractivity contribution in [1.29, 1.82) is 0 Å². The van der Waals surface area contributed by atoms with E-state index in [0.29, 0.717) is 18.9 Å². The maximum atomic E-state index is 13.1. The average molecular weight is 304 g/mol. The van der Waals surface area contributed by atoms with E-state index in [0.717, 1.165) is 16.7 Å². The van der Waals surface area contributed by atoms with Crippen LogP contribution < -0.4 is 10.5 Å². The molecule has 0 fully saturated rings. The quantitative estimate of drug-likeness (QED) is 0.878. The Bertz CT molecular complexity index is 704. The molecule has 2 rings (SSSR count).